The minimum atomic E-state index is -3.42. The van der Waals surface area contributed by atoms with Gasteiger partial charge in [0, 0.05) is 17.0 Å². The zero-order valence-electron chi connectivity index (χ0n) is 17.2. The van der Waals surface area contributed by atoms with Gasteiger partial charge in [-0.1, -0.05) is 83.9 Å². The van der Waals surface area contributed by atoms with Gasteiger partial charge in [-0.15, -0.1) is 11.3 Å². The number of ether oxygens (including phenoxy) is 1. The molecule has 32 heavy (non-hydrogen) atoms. The van der Waals surface area contributed by atoms with Crippen molar-refractivity contribution in [3.05, 3.63) is 94.5 Å². The predicted molar refractivity (Wildman–Crippen MR) is 134 cm³/mol. The number of esters is 1. The molecule has 5 nitrogen and oxygen atoms in total. The van der Waals surface area contributed by atoms with Crippen LogP contribution in [0.2, 0.25) is 0 Å². The lowest BCUT2D eigenvalue weighted by molar-refractivity contribution is -0.142. The first-order valence-corrected chi connectivity index (χ1v) is 13.2. The Morgan fingerprint density at radius 2 is 1.56 bits per heavy atom. The molecule has 0 amide bonds. The molecule has 0 unspecified atom stereocenters. The molecule has 0 saturated heterocycles. The topological polar surface area (TPSA) is 68.3 Å². The summed E-state index contributed by atoms with van der Waals surface area (Å²) in [4.78, 5) is 16.1. The van der Waals surface area contributed by atoms with Crippen molar-refractivity contribution in [3.63, 3.8) is 0 Å². The summed E-state index contributed by atoms with van der Waals surface area (Å²) >= 11 is 14.2. The molecule has 0 aliphatic carbocycles. The first-order valence-electron chi connectivity index (χ1n) is 9.74. The van der Waals surface area contributed by atoms with Gasteiger partial charge in [0.15, 0.2) is 5.13 Å². The van der Waals surface area contributed by atoms with Crippen LogP contribution >= 0.6 is 41.8 Å². The minimum Gasteiger partial charge on any atom is -0.466 e. The Hall–Kier alpha value is -2.37. The van der Waals surface area contributed by atoms with E-state index in [4.69, 9.17) is 27.9 Å². The Balaban J connectivity index is 1.93. The molecule has 166 valence electrons. The number of carbonyl (C=O) groups is 1. The predicted octanol–water partition coefficient (Wildman–Crippen LogP) is 7.41. The number of rotatable bonds is 9. The van der Waals surface area contributed by atoms with E-state index in [1.807, 2.05) is 60.7 Å². The molecule has 0 radical (unpaired) electrons. The number of thiazole rings is 1. The number of carbonyl (C=O) groups excluding carboxylic acids is 1. The third-order valence-electron chi connectivity index (χ3n) is 4.16. The van der Waals surface area contributed by atoms with E-state index in [-0.39, 0.29) is 12.4 Å². The molecule has 3 aromatic rings. The summed E-state index contributed by atoms with van der Waals surface area (Å²) in [5.41, 5.74) is 1.98. The van der Waals surface area contributed by atoms with Crippen molar-refractivity contribution in [2.24, 2.45) is 0 Å². The summed E-state index contributed by atoms with van der Waals surface area (Å²) in [5.74, 6) is 2.55. The number of hydrogen-bond donors (Lipinski definition) is 1. The van der Waals surface area contributed by atoms with Gasteiger partial charge in [-0.25, -0.2) is 4.98 Å². The van der Waals surface area contributed by atoms with E-state index >= 15 is 0 Å². The van der Waals surface area contributed by atoms with Crippen LogP contribution in [0.1, 0.15) is 23.7 Å². The van der Waals surface area contributed by atoms with Crippen LogP contribution in [0.5, 0.6) is 0 Å². The lowest BCUT2D eigenvalue weighted by Crippen LogP contribution is -2.07. The second-order valence-electron chi connectivity index (χ2n) is 6.63. The molecule has 0 spiro atoms. The van der Waals surface area contributed by atoms with Crippen LogP contribution < -0.4 is 5.09 Å². The third kappa shape index (κ3) is 7.07. The molecule has 1 aromatic heterocycles. The maximum Gasteiger partial charge on any atom is 0.311 e. The average molecular weight is 507 g/mol. The van der Waals surface area contributed by atoms with Gasteiger partial charge in [0.2, 0.25) is 7.29 Å². The molecule has 0 aliphatic heterocycles. The molecule has 0 atom stereocenters. The van der Waals surface area contributed by atoms with Crippen LogP contribution in [-0.2, 0) is 20.5 Å². The number of anilines is 1. The van der Waals surface area contributed by atoms with E-state index in [1.54, 1.807) is 12.3 Å². The van der Waals surface area contributed by atoms with E-state index in [9.17, 15) is 9.36 Å². The highest BCUT2D eigenvalue weighted by atomic mass is 35.5. The van der Waals surface area contributed by atoms with Crippen LogP contribution in [0.3, 0.4) is 0 Å². The fourth-order valence-electron chi connectivity index (χ4n) is 2.73. The van der Waals surface area contributed by atoms with Crippen molar-refractivity contribution in [3.8, 4) is 0 Å². The monoisotopic (exact) mass is 506 g/mol. The lowest BCUT2D eigenvalue weighted by Gasteiger charge is -2.13. The van der Waals surface area contributed by atoms with E-state index < -0.39 is 7.29 Å². The summed E-state index contributed by atoms with van der Waals surface area (Å²) in [6.07, 6.45) is 0.0392. The van der Waals surface area contributed by atoms with Crippen LogP contribution in [0.25, 0.3) is 10.1 Å². The zero-order valence-corrected chi connectivity index (χ0v) is 20.4. The summed E-state index contributed by atoms with van der Waals surface area (Å²) in [6, 6.07) is 18.4. The van der Waals surface area contributed by atoms with Crippen molar-refractivity contribution in [1.29, 1.82) is 0 Å². The molecule has 0 fully saturated rings. The zero-order chi connectivity index (χ0) is 23.0. The SMILES string of the molecule is CCOC(=O)Cc1csc(NP(=O)(/C=C(\Cl)c2ccccc2)/C=C(\Cl)c2ccccc2)n1. The van der Waals surface area contributed by atoms with Crippen LogP contribution in [0.15, 0.2) is 77.7 Å². The summed E-state index contributed by atoms with van der Waals surface area (Å²) in [7, 11) is -3.42. The van der Waals surface area contributed by atoms with Crippen molar-refractivity contribution in [2.45, 2.75) is 13.3 Å². The quantitative estimate of drug-likeness (QED) is 0.241. The maximum absolute atomic E-state index is 13.9. The highest BCUT2D eigenvalue weighted by Gasteiger charge is 2.21. The Bertz CT molecular complexity index is 1100. The normalized spacial score (nSPS) is 12.5. The highest BCUT2D eigenvalue weighted by molar-refractivity contribution is 7.72. The third-order valence-corrected chi connectivity index (χ3v) is 7.92. The van der Waals surface area contributed by atoms with Gasteiger partial charge < -0.3 is 9.82 Å². The first-order chi connectivity index (χ1) is 15.4. The van der Waals surface area contributed by atoms with Crippen molar-refractivity contribution >= 4 is 63.0 Å². The molecule has 2 aromatic carbocycles. The number of nitrogens with one attached hydrogen (secondary N) is 1. The summed E-state index contributed by atoms with van der Waals surface area (Å²) in [5, 5.41) is 5.71. The van der Waals surface area contributed by atoms with Crippen LogP contribution in [0, 0.1) is 0 Å². The molecule has 1 heterocycles. The van der Waals surface area contributed by atoms with Crippen LogP contribution in [-0.4, -0.2) is 17.6 Å². The minimum absolute atomic E-state index is 0.0392. The van der Waals surface area contributed by atoms with Gasteiger partial charge in [-0.2, -0.15) is 0 Å². The fourth-order valence-corrected chi connectivity index (χ4v) is 6.57. The molecule has 1 N–H and O–H groups in total. The molecule has 3 rings (SSSR count). The van der Waals surface area contributed by atoms with E-state index in [0.29, 0.717) is 27.5 Å². The second kappa shape index (κ2) is 11.5. The Kier molecular flexibility index (Phi) is 8.71. The molecule has 0 aliphatic rings. The Labute approximate surface area is 201 Å². The lowest BCUT2D eigenvalue weighted by atomic mass is 10.2. The number of halogens is 2. The fraction of sp³-hybridized carbons (Fsp3) is 0.130. The first kappa shape index (κ1) is 24.3. The van der Waals surface area contributed by atoms with Gasteiger partial charge in [0.1, 0.15) is 0 Å². The summed E-state index contributed by atoms with van der Waals surface area (Å²) in [6.45, 7) is 2.04. The molecule has 0 saturated carbocycles. The smallest absolute Gasteiger partial charge is 0.311 e. The average Bonchev–Trinajstić information content (AvgIpc) is 3.20. The largest absolute Gasteiger partial charge is 0.466 e. The van der Waals surface area contributed by atoms with Crippen molar-refractivity contribution < 1.29 is 14.1 Å². The summed E-state index contributed by atoms with van der Waals surface area (Å²) < 4.78 is 18.9. The molecule has 0 bridgehead atoms. The highest BCUT2D eigenvalue weighted by Crippen LogP contribution is 2.54. The van der Waals surface area contributed by atoms with Crippen molar-refractivity contribution in [1.82, 2.24) is 4.98 Å². The molecular formula is C23H21Cl2N2O3PS. The second-order valence-corrected chi connectivity index (χ2v) is 10.5. The van der Waals surface area contributed by atoms with Gasteiger partial charge in [-0.3, -0.25) is 9.36 Å². The Morgan fingerprint density at radius 3 is 2.06 bits per heavy atom. The molecule has 9 heteroatoms. The van der Waals surface area contributed by atoms with Gasteiger partial charge >= 0.3 is 5.97 Å². The molecular weight excluding hydrogens is 486 g/mol. The van der Waals surface area contributed by atoms with Gasteiger partial charge in [0.25, 0.3) is 0 Å². The van der Waals surface area contributed by atoms with E-state index in [1.165, 1.54) is 23.0 Å². The maximum atomic E-state index is 13.9. The van der Waals surface area contributed by atoms with Crippen molar-refractivity contribution in [2.75, 3.05) is 11.7 Å². The standard InChI is InChI=1S/C23H21Cl2N2O3PS/c1-2-30-22(28)13-19-16-32-23(26-19)27-31(29,14-20(24)17-9-5-3-6-10-17)15-21(25)18-11-7-4-8-12-18/h3-12,14-16H,2,13H2,1H3,(H,26,27,29)/b20-14-,21-15-. The number of aromatic nitrogens is 1. The number of nitrogens with zero attached hydrogens (tertiary/aromatic N) is 1. The van der Waals surface area contributed by atoms with Crippen LogP contribution in [0.4, 0.5) is 5.13 Å². The van der Waals surface area contributed by atoms with Gasteiger partial charge in [-0.05, 0) is 18.1 Å². The van der Waals surface area contributed by atoms with E-state index in [2.05, 4.69) is 10.1 Å². The van der Waals surface area contributed by atoms with E-state index in [0.717, 1.165) is 11.1 Å². The Morgan fingerprint density at radius 1 is 1.03 bits per heavy atom. The number of benzene rings is 2. The van der Waals surface area contributed by atoms with Gasteiger partial charge in [0.05, 0.1) is 28.8 Å². The number of hydrogen-bond acceptors (Lipinski definition) is 5.